The van der Waals surface area contributed by atoms with Crippen LogP contribution in [0.1, 0.15) is 72.1 Å². The second-order valence-corrected chi connectivity index (χ2v) is 13.7. The Morgan fingerprint density at radius 2 is 0.883 bits per heavy atom. The molecule has 0 aliphatic heterocycles. The summed E-state index contributed by atoms with van der Waals surface area (Å²) in [6, 6.07) is -10.8. The molecule has 23 N–H and O–H groups in total. The van der Waals surface area contributed by atoms with Gasteiger partial charge in [0.25, 0.3) is 0 Å². The number of carbonyl (C=O) groups excluding carboxylic acids is 9. The molecular weight excluding hydrogens is 796 g/mol. The first kappa shape index (κ1) is 53.2. The number of nitrogens with zero attached hydrogens (tertiary/aromatic N) is 2. The quantitative estimate of drug-likeness (QED) is 0.0189. The van der Waals surface area contributed by atoms with E-state index in [1.54, 1.807) is 13.8 Å². The molecule has 0 spiro atoms. The summed E-state index contributed by atoms with van der Waals surface area (Å²) in [5.41, 5.74) is 43.2. The molecule has 60 heavy (non-hydrogen) atoms. The van der Waals surface area contributed by atoms with Gasteiger partial charge in [0.1, 0.15) is 36.3 Å². The molecule has 0 aromatic carbocycles. The summed E-state index contributed by atoms with van der Waals surface area (Å²) in [4.78, 5) is 135. The number of hydrogen-bond donors (Lipinski definition) is 15. The van der Waals surface area contributed by atoms with E-state index in [-0.39, 0.29) is 50.7 Å². The molecule has 0 unspecified atom stereocenters. The second-order valence-electron chi connectivity index (χ2n) is 13.7. The summed E-state index contributed by atoms with van der Waals surface area (Å²) in [6.07, 6.45) is -2.04. The highest BCUT2D eigenvalue weighted by molar-refractivity contribution is 6.00. The van der Waals surface area contributed by atoms with E-state index < -0.39 is 127 Å². The number of primary amides is 3. The lowest BCUT2D eigenvalue weighted by Gasteiger charge is -2.28. The Labute approximate surface area is 345 Å². The zero-order valence-corrected chi connectivity index (χ0v) is 33.7. The molecule has 0 radical (unpaired) electrons. The monoisotopic (exact) mass is 856 g/mol. The van der Waals surface area contributed by atoms with Crippen LogP contribution < -0.4 is 77.8 Å². The predicted octanol–water partition coefficient (Wildman–Crippen LogP) is -7.89. The van der Waals surface area contributed by atoms with Crippen molar-refractivity contribution in [2.45, 2.75) is 114 Å². The van der Waals surface area contributed by atoms with Crippen molar-refractivity contribution in [1.29, 1.82) is 0 Å². The van der Waals surface area contributed by atoms with Crippen molar-refractivity contribution in [3.63, 3.8) is 0 Å². The Morgan fingerprint density at radius 3 is 1.27 bits per heavy atom. The topological polar surface area (TPSA) is 496 Å². The van der Waals surface area contributed by atoms with E-state index in [0.29, 0.717) is 6.42 Å². The number of carbonyl (C=O) groups is 10. The lowest BCUT2D eigenvalue weighted by Crippen LogP contribution is -2.61. The SMILES string of the molecule is CC[C@H](C)[C@H](NC(=O)[C@H](CC(N)=O)NC(=O)[C@H](CC(N)=O)NC(=O)[C@H](CCCN=C(N)N)NC(=O)[C@H](CC(N)=O)NC(=O)[C@@H](N)CCCN=C(N)N)C(=O)N[C@@H](C)C(=O)O. The van der Waals surface area contributed by atoms with Crippen LogP contribution in [-0.4, -0.2) is 132 Å². The highest BCUT2D eigenvalue weighted by Crippen LogP contribution is 2.10. The molecule has 0 fully saturated rings. The number of carboxylic acid groups (broad SMARTS) is 1. The van der Waals surface area contributed by atoms with E-state index in [2.05, 4.69) is 41.9 Å². The van der Waals surface area contributed by atoms with Crippen LogP contribution >= 0.6 is 0 Å². The Balaban J connectivity index is 6.48. The fourth-order valence-corrected chi connectivity index (χ4v) is 5.07. The molecule has 0 saturated carbocycles. The van der Waals surface area contributed by atoms with Gasteiger partial charge in [0.05, 0.1) is 25.3 Å². The molecule has 0 aromatic heterocycles. The van der Waals surface area contributed by atoms with E-state index in [0.717, 1.165) is 0 Å². The third-order valence-corrected chi connectivity index (χ3v) is 8.52. The number of carboxylic acids is 1. The molecule has 9 amide bonds. The van der Waals surface area contributed by atoms with E-state index in [9.17, 15) is 53.1 Å². The van der Waals surface area contributed by atoms with Gasteiger partial charge in [-0.2, -0.15) is 0 Å². The van der Waals surface area contributed by atoms with E-state index in [1.807, 2.05) is 0 Å². The average molecular weight is 857 g/mol. The summed E-state index contributed by atoms with van der Waals surface area (Å²) in [6.45, 7) is 4.53. The van der Waals surface area contributed by atoms with Gasteiger partial charge in [-0.1, -0.05) is 20.3 Å². The van der Waals surface area contributed by atoms with Crippen LogP contribution in [-0.2, 0) is 47.9 Å². The number of aliphatic carboxylic acids is 1. The van der Waals surface area contributed by atoms with Gasteiger partial charge in [-0.05, 0) is 38.5 Å². The number of guanidine groups is 2. The third-order valence-electron chi connectivity index (χ3n) is 8.52. The Morgan fingerprint density at radius 1 is 0.517 bits per heavy atom. The lowest BCUT2D eigenvalue weighted by atomic mass is 9.97. The Bertz CT molecular complexity index is 1620. The zero-order chi connectivity index (χ0) is 46.3. The fraction of sp³-hybridized carbons (Fsp3) is 0.636. The van der Waals surface area contributed by atoms with Crippen molar-refractivity contribution in [2.24, 2.45) is 61.8 Å². The van der Waals surface area contributed by atoms with E-state index in [4.69, 9.17) is 45.9 Å². The molecule has 0 aliphatic rings. The smallest absolute Gasteiger partial charge is 0.325 e. The van der Waals surface area contributed by atoms with Crippen LogP contribution in [0.4, 0.5) is 0 Å². The number of rotatable bonds is 29. The molecule has 0 saturated heterocycles. The number of hydrogen-bond acceptors (Lipinski definition) is 13. The van der Waals surface area contributed by atoms with Crippen molar-refractivity contribution in [2.75, 3.05) is 13.1 Å². The molecule has 338 valence electrons. The largest absolute Gasteiger partial charge is 0.480 e. The van der Waals surface area contributed by atoms with Crippen LogP contribution in [0.2, 0.25) is 0 Å². The van der Waals surface area contributed by atoms with Crippen molar-refractivity contribution in [1.82, 2.24) is 31.9 Å². The third kappa shape index (κ3) is 21.6. The first-order valence-corrected chi connectivity index (χ1v) is 18.7. The van der Waals surface area contributed by atoms with Gasteiger partial charge in [-0.3, -0.25) is 57.9 Å². The summed E-state index contributed by atoms with van der Waals surface area (Å²) in [7, 11) is 0. The molecule has 8 atom stereocenters. The summed E-state index contributed by atoms with van der Waals surface area (Å²) in [5, 5.41) is 22.9. The fourth-order valence-electron chi connectivity index (χ4n) is 5.07. The molecule has 27 heteroatoms. The summed E-state index contributed by atoms with van der Waals surface area (Å²) < 4.78 is 0. The van der Waals surface area contributed by atoms with Gasteiger partial charge in [0, 0.05) is 13.1 Å². The van der Waals surface area contributed by atoms with Gasteiger partial charge in [-0.15, -0.1) is 0 Å². The van der Waals surface area contributed by atoms with Crippen LogP contribution in [0.25, 0.3) is 0 Å². The van der Waals surface area contributed by atoms with Crippen LogP contribution in [0.5, 0.6) is 0 Å². The highest BCUT2D eigenvalue weighted by atomic mass is 16.4. The van der Waals surface area contributed by atoms with Crippen LogP contribution in [0.15, 0.2) is 9.98 Å². The summed E-state index contributed by atoms with van der Waals surface area (Å²) in [5.74, 6) is -12.0. The summed E-state index contributed by atoms with van der Waals surface area (Å²) >= 11 is 0. The van der Waals surface area contributed by atoms with Gasteiger partial charge < -0.3 is 82.9 Å². The van der Waals surface area contributed by atoms with Gasteiger partial charge in [0.2, 0.25) is 53.2 Å². The van der Waals surface area contributed by atoms with Crippen molar-refractivity contribution in [3.8, 4) is 0 Å². The molecular formula is C33H60N16O11. The first-order chi connectivity index (χ1) is 27.9. The van der Waals surface area contributed by atoms with Crippen molar-refractivity contribution >= 4 is 71.1 Å². The Kier molecular flexibility index (Phi) is 23.9. The van der Waals surface area contributed by atoms with Crippen LogP contribution in [0.3, 0.4) is 0 Å². The number of aliphatic imine (C=N–C) groups is 2. The molecule has 0 bridgehead atoms. The molecule has 0 rings (SSSR count). The molecule has 0 aliphatic carbocycles. The molecule has 0 heterocycles. The minimum atomic E-state index is -1.86. The van der Waals surface area contributed by atoms with Crippen molar-refractivity contribution in [3.05, 3.63) is 0 Å². The maximum Gasteiger partial charge on any atom is 0.325 e. The maximum atomic E-state index is 13.7. The second kappa shape index (κ2) is 27.0. The van der Waals surface area contributed by atoms with Gasteiger partial charge in [0.15, 0.2) is 11.9 Å². The van der Waals surface area contributed by atoms with Gasteiger partial charge >= 0.3 is 5.97 Å². The number of nitrogens with one attached hydrogen (secondary N) is 6. The predicted molar refractivity (Wildman–Crippen MR) is 214 cm³/mol. The minimum Gasteiger partial charge on any atom is -0.480 e. The lowest BCUT2D eigenvalue weighted by molar-refractivity contribution is -0.142. The highest BCUT2D eigenvalue weighted by Gasteiger charge is 2.35. The maximum absolute atomic E-state index is 13.7. The van der Waals surface area contributed by atoms with E-state index >= 15 is 0 Å². The van der Waals surface area contributed by atoms with E-state index in [1.165, 1.54) is 6.92 Å². The number of nitrogens with two attached hydrogens (primary N) is 8. The van der Waals surface area contributed by atoms with Crippen molar-refractivity contribution < 1.29 is 53.1 Å². The van der Waals surface area contributed by atoms with Gasteiger partial charge in [-0.25, -0.2) is 0 Å². The minimum absolute atomic E-state index is 0.0213. The first-order valence-electron chi connectivity index (χ1n) is 18.7. The normalized spacial score (nSPS) is 14.7. The zero-order valence-electron chi connectivity index (χ0n) is 33.7. The Hall–Kier alpha value is -6.80. The number of amides is 9. The van der Waals surface area contributed by atoms with Crippen LogP contribution in [0, 0.1) is 5.92 Å². The standard InChI is InChI=1S/C33H60N16O11/c1-4-14(2)24(30(58)44-15(3)31(59)60)49-29(57)20(13-23(37)52)48-28(56)19(12-22(36)51)47-26(54)17(8-6-10-43-33(40)41)45-27(55)18(11-21(35)50)46-25(53)16(34)7-5-9-42-32(38)39/h14-20,24H,4-13,34H2,1-3H3,(H2,35,50)(H2,36,51)(H2,37,52)(H,44,58)(H,45,55)(H,46,53)(H,47,54)(H,48,56)(H,49,57)(H,59,60)(H4,38,39,42)(H4,40,41,43)/t14-,15-,16-,17-,18-,19-,20-,24-/m0/s1. The molecule has 27 nitrogen and oxygen atoms in total. The average Bonchev–Trinajstić information content (AvgIpc) is 3.14. The molecule has 0 aromatic rings.